The number of anilines is 1. The molecular weight excluding hydrogens is 330 g/mol. The van der Waals surface area contributed by atoms with Crippen molar-refractivity contribution in [1.82, 2.24) is 0 Å². The summed E-state index contributed by atoms with van der Waals surface area (Å²) in [6.45, 7) is 6.24. The monoisotopic (exact) mass is 347 g/mol. The lowest BCUT2D eigenvalue weighted by Gasteiger charge is -2.20. The molecule has 0 atom stereocenters. The van der Waals surface area contributed by atoms with Crippen molar-refractivity contribution < 1.29 is 9.47 Å². The van der Waals surface area contributed by atoms with Gasteiger partial charge in [0.1, 0.15) is 13.2 Å². The number of aryl methyl sites for hydroxylation is 2. The smallest absolute Gasteiger partial charge is 0.163 e. The molecule has 21 heavy (non-hydrogen) atoms. The summed E-state index contributed by atoms with van der Waals surface area (Å²) < 4.78 is 12.2. The van der Waals surface area contributed by atoms with Crippen LogP contribution in [0.5, 0.6) is 11.5 Å². The lowest BCUT2D eigenvalue weighted by Crippen LogP contribution is -2.15. The van der Waals surface area contributed by atoms with Crippen LogP contribution in [-0.2, 0) is 6.54 Å². The van der Waals surface area contributed by atoms with E-state index in [1.54, 1.807) is 0 Å². The quantitative estimate of drug-likeness (QED) is 0.889. The zero-order chi connectivity index (χ0) is 14.8. The van der Waals surface area contributed by atoms with E-state index in [-0.39, 0.29) is 0 Å². The first-order valence-corrected chi connectivity index (χ1v) is 7.82. The predicted octanol–water partition coefficient (Wildman–Crippen LogP) is 4.45. The summed E-state index contributed by atoms with van der Waals surface area (Å²) in [5, 5.41) is 3.46. The molecular formula is C17H18BrNO2. The number of halogens is 1. The topological polar surface area (TPSA) is 30.5 Å². The zero-order valence-corrected chi connectivity index (χ0v) is 13.8. The van der Waals surface area contributed by atoms with Gasteiger partial charge in [-0.05, 0) is 40.9 Å². The van der Waals surface area contributed by atoms with Crippen LogP contribution < -0.4 is 14.8 Å². The predicted molar refractivity (Wildman–Crippen MR) is 88.4 cm³/mol. The van der Waals surface area contributed by atoms with E-state index in [2.05, 4.69) is 53.3 Å². The highest BCUT2D eigenvalue weighted by molar-refractivity contribution is 9.10. The van der Waals surface area contributed by atoms with Gasteiger partial charge in [0, 0.05) is 23.2 Å². The fourth-order valence-electron chi connectivity index (χ4n) is 2.38. The van der Waals surface area contributed by atoms with Gasteiger partial charge in [-0.2, -0.15) is 0 Å². The summed E-state index contributed by atoms with van der Waals surface area (Å²) in [6.07, 6.45) is 0. The molecule has 0 radical (unpaired) electrons. The fraction of sp³-hybridized carbons (Fsp3) is 0.294. The second kappa shape index (κ2) is 5.98. The van der Waals surface area contributed by atoms with Gasteiger partial charge < -0.3 is 14.8 Å². The number of ether oxygens (including phenoxy) is 2. The van der Waals surface area contributed by atoms with Gasteiger partial charge in [0.25, 0.3) is 0 Å². The number of hydrogen-bond acceptors (Lipinski definition) is 3. The first-order valence-electron chi connectivity index (χ1n) is 7.02. The molecule has 0 fully saturated rings. The Morgan fingerprint density at radius 3 is 2.52 bits per heavy atom. The molecule has 0 aliphatic carbocycles. The molecule has 1 aliphatic rings. The molecule has 0 unspecified atom stereocenters. The van der Waals surface area contributed by atoms with Crippen molar-refractivity contribution in [3.63, 3.8) is 0 Å². The van der Waals surface area contributed by atoms with Crippen LogP contribution in [0.15, 0.2) is 34.8 Å². The molecule has 3 rings (SSSR count). The van der Waals surface area contributed by atoms with Gasteiger partial charge in [-0.3, -0.25) is 0 Å². The summed E-state index contributed by atoms with van der Waals surface area (Å²) in [6, 6.07) is 10.5. The highest BCUT2D eigenvalue weighted by Gasteiger charge is 2.14. The van der Waals surface area contributed by atoms with Crippen molar-refractivity contribution in [2.24, 2.45) is 0 Å². The molecule has 2 aromatic rings. The zero-order valence-electron chi connectivity index (χ0n) is 12.2. The second-order valence-corrected chi connectivity index (χ2v) is 6.11. The molecule has 1 aliphatic heterocycles. The van der Waals surface area contributed by atoms with Gasteiger partial charge in [-0.15, -0.1) is 0 Å². The molecule has 0 spiro atoms. The molecule has 2 aromatic carbocycles. The van der Waals surface area contributed by atoms with Crippen LogP contribution in [0.3, 0.4) is 0 Å². The Labute approximate surface area is 133 Å². The molecule has 4 heteroatoms. The standard InChI is InChI=1S/C17H18BrNO2/c1-11-3-4-12(2)13(7-11)10-19-15-9-17-16(8-14(15)18)20-5-6-21-17/h3-4,7-9,19H,5-6,10H2,1-2H3. The first-order chi connectivity index (χ1) is 10.1. The average Bonchev–Trinajstić information content (AvgIpc) is 2.48. The number of nitrogens with one attached hydrogen (secondary N) is 1. The third-order valence-corrected chi connectivity index (χ3v) is 4.26. The normalized spacial score (nSPS) is 13.1. The molecule has 0 amide bonds. The van der Waals surface area contributed by atoms with E-state index in [1.807, 2.05) is 12.1 Å². The van der Waals surface area contributed by atoms with Gasteiger partial charge in [0.05, 0.1) is 5.69 Å². The van der Waals surface area contributed by atoms with E-state index in [0.717, 1.165) is 28.2 Å². The first kappa shape index (κ1) is 14.3. The van der Waals surface area contributed by atoms with Crippen LogP contribution in [0.4, 0.5) is 5.69 Å². The van der Waals surface area contributed by atoms with Gasteiger partial charge in [-0.1, -0.05) is 23.8 Å². The molecule has 0 aromatic heterocycles. The van der Waals surface area contributed by atoms with Gasteiger partial charge in [0.2, 0.25) is 0 Å². The molecule has 3 nitrogen and oxygen atoms in total. The van der Waals surface area contributed by atoms with Gasteiger partial charge in [0.15, 0.2) is 11.5 Å². The lowest BCUT2D eigenvalue weighted by atomic mass is 10.1. The Morgan fingerprint density at radius 2 is 1.76 bits per heavy atom. The maximum atomic E-state index is 5.63. The van der Waals surface area contributed by atoms with E-state index in [0.29, 0.717) is 13.2 Å². The molecule has 1 heterocycles. The van der Waals surface area contributed by atoms with E-state index >= 15 is 0 Å². The number of benzene rings is 2. The highest BCUT2D eigenvalue weighted by Crippen LogP contribution is 2.38. The van der Waals surface area contributed by atoms with Crippen LogP contribution in [0.1, 0.15) is 16.7 Å². The van der Waals surface area contributed by atoms with Crippen LogP contribution >= 0.6 is 15.9 Å². The van der Waals surface area contributed by atoms with Crippen molar-refractivity contribution in [2.75, 3.05) is 18.5 Å². The molecule has 110 valence electrons. The third kappa shape index (κ3) is 3.16. The van der Waals surface area contributed by atoms with Crippen LogP contribution in [0, 0.1) is 13.8 Å². The maximum absolute atomic E-state index is 5.63. The SMILES string of the molecule is Cc1ccc(C)c(CNc2cc3c(cc2Br)OCCO3)c1. The Morgan fingerprint density at radius 1 is 1.05 bits per heavy atom. The number of rotatable bonds is 3. The Bertz CT molecular complexity index is 670. The molecule has 1 N–H and O–H groups in total. The van der Waals surface area contributed by atoms with E-state index in [4.69, 9.17) is 9.47 Å². The minimum atomic E-state index is 0.602. The minimum absolute atomic E-state index is 0.602. The van der Waals surface area contributed by atoms with Crippen molar-refractivity contribution in [1.29, 1.82) is 0 Å². The van der Waals surface area contributed by atoms with Crippen LogP contribution in [0.2, 0.25) is 0 Å². The summed E-state index contributed by atoms with van der Waals surface area (Å²) in [4.78, 5) is 0. The number of fused-ring (bicyclic) bond motifs is 1. The lowest BCUT2D eigenvalue weighted by molar-refractivity contribution is 0.171. The average molecular weight is 348 g/mol. The van der Waals surface area contributed by atoms with Crippen molar-refractivity contribution >= 4 is 21.6 Å². The Hall–Kier alpha value is -1.68. The molecule has 0 saturated heterocycles. The molecule has 0 saturated carbocycles. The Kier molecular flexibility index (Phi) is 4.06. The van der Waals surface area contributed by atoms with Gasteiger partial charge in [-0.25, -0.2) is 0 Å². The van der Waals surface area contributed by atoms with Crippen LogP contribution in [-0.4, -0.2) is 13.2 Å². The van der Waals surface area contributed by atoms with E-state index in [9.17, 15) is 0 Å². The van der Waals surface area contributed by atoms with E-state index in [1.165, 1.54) is 16.7 Å². The summed E-state index contributed by atoms with van der Waals surface area (Å²) in [7, 11) is 0. The summed E-state index contributed by atoms with van der Waals surface area (Å²) >= 11 is 3.58. The van der Waals surface area contributed by atoms with Crippen molar-refractivity contribution in [3.8, 4) is 11.5 Å². The molecule has 0 bridgehead atoms. The van der Waals surface area contributed by atoms with Gasteiger partial charge >= 0.3 is 0 Å². The fourth-order valence-corrected chi connectivity index (χ4v) is 2.84. The Balaban J connectivity index is 1.80. The highest BCUT2D eigenvalue weighted by atomic mass is 79.9. The van der Waals surface area contributed by atoms with Crippen molar-refractivity contribution in [2.45, 2.75) is 20.4 Å². The third-order valence-electron chi connectivity index (χ3n) is 3.61. The van der Waals surface area contributed by atoms with Crippen molar-refractivity contribution in [3.05, 3.63) is 51.5 Å². The maximum Gasteiger partial charge on any atom is 0.163 e. The van der Waals surface area contributed by atoms with E-state index < -0.39 is 0 Å². The second-order valence-electron chi connectivity index (χ2n) is 5.26. The minimum Gasteiger partial charge on any atom is -0.486 e. The number of hydrogen-bond donors (Lipinski definition) is 1. The largest absolute Gasteiger partial charge is 0.486 e. The van der Waals surface area contributed by atoms with Crippen LogP contribution in [0.25, 0.3) is 0 Å². The summed E-state index contributed by atoms with van der Waals surface area (Å²) in [5.41, 5.74) is 4.89. The summed E-state index contributed by atoms with van der Waals surface area (Å²) in [5.74, 6) is 1.60.